The zero-order valence-corrected chi connectivity index (χ0v) is 12.5. The van der Waals surface area contributed by atoms with Crippen molar-refractivity contribution >= 4 is 5.91 Å². The van der Waals surface area contributed by atoms with Gasteiger partial charge in [0, 0.05) is 12.6 Å². The average molecular weight is 276 g/mol. The molecule has 3 nitrogen and oxygen atoms in total. The van der Waals surface area contributed by atoms with E-state index in [1.54, 1.807) is 32.2 Å². The second-order valence-corrected chi connectivity index (χ2v) is 5.01. The van der Waals surface area contributed by atoms with Gasteiger partial charge in [-0.3, -0.25) is 4.79 Å². The Balaban J connectivity index is 3.06. The highest BCUT2D eigenvalue weighted by atomic mass is 19.1. The van der Waals surface area contributed by atoms with E-state index in [0.717, 1.165) is 0 Å². The van der Waals surface area contributed by atoms with E-state index < -0.39 is 11.5 Å². The minimum absolute atomic E-state index is 0.249. The molecule has 0 aliphatic carbocycles. The van der Waals surface area contributed by atoms with Crippen LogP contribution < -0.4 is 0 Å². The fourth-order valence-electron chi connectivity index (χ4n) is 2.29. The summed E-state index contributed by atoms with van der Waals surface area (Å²) in [6, 6.07) is 8.12. The molecule has 108 valence electrons. The van der Waals surface area contributed by atoms with Gasteiger partial charge in [-0.15, -0.1) is 0 Å². The Morgan fingerprint density at radius 1 is 1.40 bits per heavy atom. The molecule has 20 heavy (non-hydrogen) atoms. The fraction of sp³-hybridized carbons (Fsp3) is 0.500. The third kappa shape index (κ3) is 2.82. The molecule has 4 heteroatoms. The van der Waals surface area contributed by atoms with Crippen molar-refractivity contribution in [3.8, 4) is 6.07 Å². The Kier molecular flexibility index (Phi) is 5.26. The lowest BCUT2D eigenvalue weighted by Crippen LogP contribution is -2.42. The van der Waals surface area contributed by atoms with Gasteiger partial charge in [0.2, 0.25) is 5.91 Å². The van der Waals surface area contributed by atoms with E-state index >= 15 is 0 Å². The second-order valence-electron chi connectivity index (χ2n) is 5.01. The van der Waals surface area contributed by atoms with Crippen LogP contribution in [0.1, 0.15) is 45.2 Å². The SMILES string of the molecule is CCC(C#N)(CC)C(=O)N(C)C(C)c1ccccc1F. The van der Waals surface area contributed by atoms with Crippen LogP contribution in [0.5, 0.6) is 0 Å². The third-order valence-electron chi connectivity index (χ3n) is 4.09. The highest BCUT2D eigenvalue weighted by Crippen LogP contribution is 2.31. The zero-order valence-electron chi connectivity index (χ0n) is 12.5. The molecule has 0 aliphatic heterocycles. The Bertz CT molecular complexity index is 517. The van der Waals surface area contributed by atoms with Gasteiger partial charge in [-0.25, -0.2) is 4.39 Å². The minimum Gasteiger partial charge on any atom is -0.338 e. The quantitative estimate of drug-likeness (QED) is 0.823. The summed E-state index contributed by atoms with van der Waals surface area (Å²) in [5.41, 5.74) is -0.559. The van der Waals surface area contributed by atoms with E-state index in [-0.39, 0.29) is 11.7 Å². The topological polar surface area (TPSA) is 44.1 Å². The number of hydrogen-bond acceptors (Lipinski definition) is 2. The zero-order chi connectivity index (χ0) is 15.3. The van der Waals surface area contributed by atoms with Crippen molar-refractivity contribution in [1.29, 1.82) is 5.26 Å². The summed E-state index contributed by atoms with van der Waals surface area (Å²) < 4.78 is 13.8. The summed E-state index contributed by atoms with van der Waals surface area (Å²) in [7, 11) is 1.62. The summed E-state index contributed by atoms with van der Waals surface area (Å²) in [5.74, 6) is -0.587. The van der Waals surface area contributed by atoms with Crippen molar-refractivity contribution in [3.05, 3.63) is 35.6 Å². The smallest absolute Gasteiger partial charge is 0.243 e. The molecule has 0 heterocycles. The monoisotopic (exact) mass is 276 g/mol. The highest BCUT2D eigenvalue weighted by Gasteiger charge is 2.39. The average Bonchev–Trinajstić information content (AvgIpc) is 2.48. The lowest BCUT2D eigenvalue weighted by atomic mass is 9.82. The maximum absolute atomic E-state index is 13.8. The summed E-state index contributed by atoms with van der Waals surface area (Å²) in [6.45, 7) is 5.42. The number of rotatable bonds is 5. The fourth-order valence-corrected chi connectivity index (χ4v) is 2.29. The van der Waals surface area contributed by atoms with Crippen molar-refractivity contribution in [2.24, 2.45) is 5.41 Å². The predicted octanol–water partition coefficient (Wildman–Crippen LogP) is 3.68. The molecule has 0 aliphatic rings. The Morgan fingerprint density at radius 3 is 2.40 bits per heavy atom. The molecule has 0 N–H and O–H groups in total. The van der Waals surface area contributed by atoms with E-state index in [1.807, 2.05) is 13.8 Å². The van der Waals surface area contributed by atoms with Crippen molar-refractivity contribution < 1.29 is 9.18 Å². The van der Waals surface area contributed by atoms with Gasteiger partial charge in [-0.1, -0.05) is 32.0 Å². The molecule has 0 spiro atoms. The van der Waals surface area contributed by atoms with Crippen molar-refractivity contribution in [3.63, 3.8) is 0 Å². The molecule has 0 fully saturated rings. The molecular weight excluding hydrogens is 255 g/mol. The van der Waals surface area contributed by atoms with E-state index in [9.17, 15) is 14.4 Å². The van der Waals surface area contributed by atoms with E-state index in [2.05, 4.69) is 6.07 Å². The first-order valence-electron chi connectivity index (χ1n) is 6.86. The Morgan fingerprint density at radius 2 is 1.95 bits per heavy atom. The third-order valence-corrected chi connectivity index (χ3v) is 4.09. The number of hydrogen-bond donors (Lipinski definition) is 0. The number of nitrogens with zero attached hydrogens (tertiary/aromatic N) is 2. The molecule has 1 aromatic carbocycles. The molecule has 1 unspecified atom stereocenters. The Hall–Kier alpha value is -1.89. The van der Waals surface area contributed by atoms with Crippen LogP contribution in [0, 0.1) is 22.6 Å². The van der Waals surface area contributed by atoms with Crippen LogP contribution in [0.25, 0.3) is 0 Å². The van der Waals surface area contributed by atoms with Crippen LogP contribution >= 0.6 is 0 Å². The highest BCUT2D eigenvalue weighted by molar-refractivity contribution is 5.85. The first-order valence-corrected chi connectivity index (χ1v) is 6.86. The maximum atomic E-state index is 13.8. The van der Waals surface area contributed by atoms with Crippen molar-refractivity contribution in [1.82, 2.24) is 4.90 Å². The number of benzene rings is 1. The molecule has 0 aromatic heterocycles. The number of amides is 1. The van der Waals surface area contributed by atoms with Gasteiger partial charge in [-0.05, 0) is 25.8 Å². The molecule has 0 bridgehead atoms. The lowest BCUT2D eigenvalue weighted by molar-refractivity contribution is -0.140. The molecule has 1 rings (SSSR count). The van der Waals surface area contributed by atoms with Crippen LogP contribution in [0.2, 0.25) is 0 Å². The van der Waals surface area contributed by atoms with Gasteiger partial charge in [0.15, 0.2) is 0 Å². The molecule has 0 radical (unpaired) electrons. The molecule has 1 atom stereocenters. The largest absolute Gasteiger partial charge is 0.338 e. The molecule has 1 aromatic rings. The number of carbonyl (C=O) groups excluding carboxylic acids is 1. The van der Waals surface area contributed by atoms with E-state index in [4.69, 9.17) is 0 Å². The normalized spacial score (nSPS) is 12.6. The molecule has 0 saturated heterocycles. The van der Waals surface area contributed by atoms with Crippen molar-refractivity contribution in [2.45, 2.75) is 39.7 Å². The Labute approximate surface area is 120 Å². The van der Waals surface area contributed by atoms with Gasteiger partial charge >= 0.3 is 0 Å². The first kappa shape index (κ1) is 16.2. The minimum atomic E-state index is -1.02. The number of carbonyl (C=O) groups is 1. The standard InChI is InChI=1S/C16H21FN2O/c1-5-16(6-2,11-18)15(20)19(4)12(3)13-9-7-8-10-14(13)17/h7-10,12H,5-6H2,1-4H3. The van der Waals surface area contributed by atoms with E-state index in [1.165, 1.54) is 11.0 Å². The predicted molar refractivity (Wildman–Crippen MR) is 76.2 cm³/mol. The molecule has 0 saturated carbocycles. The van der Waals surface area contributed by atoms with Crippen LogP contribution in [-0.4, -0.2) is 17.9 Å². The van der Waals surface area contributed by atoms with Gasteiger partial charge in [0.1, 0.15) is 11.2 Å². The second kappa shape index (κ2) is 6.51. The summed E-state index contributed by atoms with van der Waals surface area (Å²) in [5, 5.41) is 9.33. The van der Waals surface area contributed by atoms with Crippen LogP contribution in [0.3, 0.4) is 0 Å². The number of nitriles is 1. The van der Waals surface area contributed by atoms with Gasteiger partial charge in [0.25, 0.3) is 0 Å². The van der Waals surface area contributed by atoms with Gasteiger partial charge < -0.3 is 4.90 Å². The summed E-state index contributed by atoms with van der Waals surface area (Å²) >= 11 is 0. The summed E-state index contributed by atoms with van der Waals surface area (Å²) in [6.07, 6.45) is 0.903. The molecule has 1 amide bonds. The number of halogens is 1. The summed E-state index contributed by atoms with van der Waals surface area (Å²) in [4.78, 5) is 14.0. The molecular formula is C16H21FN2O. The van der Waals surface area contributed by atoms with Gasteiger partial charge in [-0.2, -0.15) is 5.26 Å². The first-order chi connectivity index (χ1) is 9.43. The van der Waals surface area contributed by atoms with Gasteiger partial charge in [0.05, 0.1) is 12.1 Å². The maximum Gasteiger partial charge on any atom is 0.243 e. The van der Waals surface area contributed by atoms with Crippen LogP contribution in [0.4, 0.5) is 4.39 Å². The van der Waals surface area contributed by atoms with Crippen molar-refractivity contribution in [2.75, 3.05) is 7.05 Å². The van der Waals surface area contributed by atoms with Crippen LogP contribution in [0.15, 0.2) is 24.3 Å². The lowest BCUT2D eigenvalue weighted by Gasteiger charge is -2.32. The van der Waals surface area contributed by atoms with Crippen LogP contribution in [-0.2, 0) is 4.79 Å². The van der Waals surface area contributed by atoms with E-state index in [0.29, 0.717) is 18.4 Å².